The van der Waals surface area contributed by atoms with E-state index in [1.54, 1.807) is 19.4 Å². The molecule has 15 heavy (non-hydrogen) atoms. The number of nitrogens with zero attached hydrogens (tertiary/aromatic N) is 2. The number of carboxylic acid groups (broad SMARTS) is 1. The number of carboxylic acids is 1. The highest BCUT2D eigenvalue weighted by molar-refractivity contribution is 5.70. The molecule has 0 aromatic carbocycles. The first-order valence-electron chi connectivity index (χ1n) is 4.80. The second kappa shape index (κ2) is 3.73. The summed E-state index contributed by atoms with van der Waals surface area (Å²) in [6.45, 7) is 1.71. The Bertz CT molecular complexity index is 490. The van der Waals surface area contributed by atoms with Crippen molar-refractivity contribution in [1.29, 1.82) is 0 Å². The Balaban J connectivity index is 2.24. The molecule has 2 heterocycles. The lowest BCUT2D eigenvalue weighted by Crippen LogP contribution is -2.12. The van der Waals surface area contributed by atoms with Crippen LogP contribution < -0.4 is 0 Å². The van der Waals surface area contributed by atoms with Gasteiger partial charge in [0.15, 0.2) is 0 Å². The van der Waals surface area contributed by atoms with Crippen molar-refractivity contribution >= 4 is 11.5 Å². The van der Waals surface area contributed by atoms with E-state index < -0.39 is 5.97 Å². The van der Waals surface area contributed by atoms with Gasteiger partial charge >= 0.3 is 5.97 Å². The van der Waals surface area contributed by atoms with E-state index >= 15 is 0 Å². The van der Waals surface area contributed by atoms with Crippen molar-refractivity contribution in [3.63, 3.8) is 0 Å². The second-order valence-corrected chi connectivity index (χ2v) is 3.70. The van der Waals surface area contributed by atoms with Gasteiger partial charge in [0.2, 0.25) is 0 Å². The van der Waals surface area contributed by atoms with E-state index in [1.165, 1.54) is 0 Å². The number of hydrogen-bond donors (Lipinski definition) is 1. The van der Waals surface area contributed by atoms with Gasteiger partial charge in [0, 0.05) is 6.20 Å². The van der Waals surface area contributed by atoms with Crippen LogP contribution in [0, 0.1) is 5.92 Å². The quantitative estimate of drug-likeness (QED) is 0.826. The van der Waals surface area contributed by atoms with Crippen LogP contribution in [-0.4, -0.2) is 20.5 Å². The van der Waals surface area contributed by atoms with E-state index in [2.05, 4.69) is 4.98 Å². The van der Waals surface area contributed by atoms with Crippen LogP contribution in [-0.2, 0) is 11.2 Å². The maximum Gasteiger partial charge on any atom is 0.306 e. The molecule has 4 heteroatoms. The van der Waals surface area contributed by atoms with Crippen LogP contribution in [0.15, 0.2) is 30.9 Å². The minimum atomic E-state index is -0.761. The highest BCUT2D eigenvalue weighted by atomic mass is 16.4. The average Bonchev–Trinajstić information content (AvgIpc) is 2.64. The summed E-state index contributed by atoms with van der Waals surface area (Å²) in [5.74, 6) is -1.11. The number of hydrogen-bond acceptors (Lipinski definition) is 2. The lowest BCUT2D eigenvalue weighted by atomic mass is 10.0. The van der Waals surface area contributed by atoms with Gasteiger partial charge in [-0.05, 0) is 24.1 Å². The molecule has 2 aromatic rings. The van der Waals surface area contributed by atoms with Gasteiger partial charge in [-0.15, -0.1) is 0 Å². The number of fused-ring (bicyclic) bond motifs is 1. The zero-order valence-electron chi connectivity index (χ0n) is 8.42. The molecule has 0 saturated heterocycles. The minimum Gasteiger partial charge on any atom is -0.481 e. The Morgan fingerprint density at radius 3 is 3.20 bits per heavy atom. The zero-order chi connectivity index (χ0) is 10.8. The molecule has 0 amide bonds. The van der Waals surface area contributed by atoms with E-state index in [9.17, 15) is 4.79 Å². The van der Waals surface area contributed by atoms with Gasteiger partial charge in [0.05, 0.1) is 24.0 Å². The van der Waals surface area contributed by atoms with Crippen LogP contribution in [0.2, 0.25) is 0 Å². The molecular weight excluding hydrogens is 192 g/mol. The molecule has 0 radical (unpaired) electrons. The molecule has 0 saturated carbocycles. The Morgan fingerprint density at radius 1 is 1.67 bits per heavy atom. The zero-order valence-corrected chi connectivity index (χ0v) is 8.42. The summed E-state index contributed by atoms with van der Waals surface area (Å²) in [5.41, 5.74) is 2.02. The number of aliphatic carboxylic acids is 1. The van der Waals surface area contributed by atoms with Gasteiger partial charge in [0.25, 0.3) is 0 Å². The Kier molecular flexibility index (Phi) is 2.41. The summed E-state index contributed by atoms with van der Waals surface area (Å²) in [5, 5.41) is 8.80. The summed E-state index contributed by atoms with van der Waals surface area (Å²) in [7, 11) is 0. The highest BCUT2D eigenvalue weighted by Crippen LogP contribution is 2.11. The topological polar surface area (TPSA) is 54.6 Å². The van der Waals surface area contributed by atoms with Gasteiger partial charge in [-0.3, -0.25) is 4.79 Å². The normalized spacial score (nSPS) is 12.9. The molecule has 0 bridgehead atoms. The third-order valence-corrected chi connectivity index (χ3v) is 2.44. The van der Waals surface area contributed by atoms with Crippen molar-refractivity contribution < 1.29 is 9.90 Å². The lowest BCUT2D eigenvalue weighted by molar-refractivity contribution is -0.141. The van der Waals surface area contributed by atoms with E-state index in [-0.39, 0.29) is 5.92 Å². The highest BCUT2D eigenvalue weighted by Gasteiger charge is 2.11. The van der Waals surface area contributed by atoms with Crippen LogP contribution in [0.5, 0.6) is 0 Å². The molecule has 4 nitrogen and oxygen atoms in total. The van der Waals surface area contributed by atoms with Crippen molar-refractivity contribution in [1.82, 2.24) is 9.38 Å². The van der Waals surface area contributed by atoms with Crippen LogP contribution in [0.25, 0.3) is 5.52 Å². The molecule has 0 fully saturated rings. The third-order valence-electron chi connectivity index (χ3n) is 2.44. The molecule has 0 aliphatic carbocycles. The predicted molar refractivity (Wildman–Crippen MR) is 55.7 cm³/mol. The SMILES string of the molecule is CC(Cc1ccn2cncc2c1)C(=O)O. The summed E-state index contributed by atoms with van der Waals surface area (Å²) in [6, 6.07) is 3.89. The van der Waals surface area contributed by atoms with Crippen molar-refractivity contribution in [3.8, 4) is 0 Å². The fraction of sp³-hybridized carbons (Fsp3) is 0.273. The van der Waals surface area contributed by atoms with E-state index in [0.29, 0.717) is 6.42 Å². The third kappa shape index (κ3) is 1.98. The first-order valence-corrected chi connectivity index (χ1v) is 4.80. The fourth-order valence-electron chi connectivity index (χ4n) is 1.53. The smallest absolute Gasteiger partial charge is 0.306 e. The van der Waals surface area contributed by atoms with E-state index in [1.807, 2.05) is 22.7 Å². The lowest BCUT2D eigenvalue weighted by Gasteiger charge is -2.06. The molecule has 2 rings (SSSR count). The summed E-state index contributed by atoms with van der Waals surface area (Å²) >= 11 is 0. The molecule has 0 aliphatic rings. The molecule has 1 unspecified atom stereocenters. The molecule has 2 aromatic heterocycles. The first-order chi connectivity index (χ1) is 7.16. The minimum absolute atomic E-state index is 0.352. The van der Waals surface area contributed by atoms with Crippen LogP contribution in [0.1, 0.15) is 12.5 Å². The Labute approximate surface area is 87.2 Å². The van der Waals surface area contributed by atoms with Gasteiger partial charge in [-0.25, -0.2) is 4.98 Å². The van der Waals surface area contributed by atoms with Gasteiger partial charge in [-0.1, -0.05) is 6.92 Å². The molecule has 0 aliphatic heterocycles. The summed E-state index contributed by atoms with van der Waals surface area (Å²) < 4.78 is 1.90. The first kappa shape index (κ1) is 9.71. The molecule has 1 N–H and O–H groups in total. The molecular formula is C11H12N2O2. The number of rotatable bonds is 3. The Hall–Kier alpha value is -1.84. The Morgan fingerprint density at radius 2 is 2.47 bits per heavy atom. The number of pyridine rings is 1. The van der Waals surface area contributed by atoms with Crippen molar-refractivity contribution in [2.75, 3.05) is 0 Å². The summed E-state index contributed by atoms with van der Waals surface area (Å²) in [4.78, 5) is 14.7. The average molecular weight is 204 g/mol. The van der Waals surface area contributed by atoms with Gasteiger partial charge < -0.3 is 9.51 Å². The monoisotopic (exact) mass is 204 g/mol. The number of carbonyl (C=O) groups is 1. The van der Waals surface area contributed by atoms with E-state index in [0.717, 1.165) is 11.1 Å². The number of aromatic nitrogens is 2. The van der Waals surface area contributed by atoms with Crippen LogP contribution >= 0.6 is 0 Å². The number of imidazole rings is 1. The van der Waals surface area contributed by atoms with Crippen molar-refractivity contribution in [3.05, 3.63) is 36.4 Å². The van der Waals surface area contributed by atoms with Crippen molar-refractivity contribution in [2.24, 2.45) is 5.92 Å². The fourth-order valence-corrected chi connectivity index (χ4v) is 1.53. The molecule has 0 spiro atoms. The summed E-state index contributed by atoms with van der Waals surface area (Å²) in [6.07, 6.45) is 5.93. The van der Waals surface area contributed by atoms with Crippen LogP contribution in [0.3, 0.4) is 0 Å². The van der Waals surface area contributed by atoms with Gasteiger partial charge in [0.1, 0.15) is 0 Å². The van der Waals surface area contributed by atoms with Gasteiger partial charge in [-0.2, -0.15) is 0 Å². The standard InChI is InChI=1S/C11H12N2O2/c1-8(11(14)15)4-9-2-3-13-7-12-6-10(13)5-9/h2-3,5-8H,4H2,1H3,(H,14,15). The second-order valence-electron chi connectivity index (χ2n) is 3.70. The molecule has 1 atom stereocenters. The predicted octanol–water partition coefficient (Wildman–Crippen LogP) is 1.60. The molecule has 78 valence electrons. The maximum absolute atomic E-state index is 10.7. The maximum atomic E-state index is 10.7. The van der Waals surface area contributed by atoms with Crippen LogP contribution in [0.4, 0.5) is 0 Å². The van der Waals surface area contributed by atoms with E-state index in [4.69, 9.17) is 5.11 Å². The largest absolute Gasteiger partial charge is 0.481 e. The van der Waals surface area contributed by atoms with Crippen molar-refractivity contribution in [2.45, 2.75) is 13.3 Å².